The van der Waals surface area contributed by atoms with Crippen molar-refractivity contribution in [2.75, 3.05) is 18.4 Å². The van der Waals surface area contributed by atoms with Crippen molar-refractivity contribution in [2.24, 2.45) is 0 Å². The zero-order valence-electron chi connectivity index (χ0n) is 13.8. The zero-order chi connectivity index (χ0) is 17.6. The summed E-state index contributed by atoms with van der Waals surface area (Å²) in [6.45, 7) is 2.90. The summed E-state index contributed by atoms with van der Waals surface area (Å²) in [6, 6.07) is 15.6. The van der Waals surface area contributed by atoms with Crippen LogP contribution in [-0.2, 0) is 6.54 Å². The van der Waals surface area contributed by atoms with E-state index in [1.54, 1.807) is 18.2 Å². The van der Waals surface area contributed by atoms with Crippen LogP contribution in [-0.4, -0.2) is 30.1 Å². The average molecular weight is 378 g/mol. The first-order chi connectivity index (χ1) is 12.1. The molecule has 2 N–H and O–H groups in total. The van der Waals surface area contributed by atoms with Crippen LogP contribution in [0, 0.1) is 0 Å². The number of piperidine rings is 1. The van der Waals surface area contributed by atoms with E-state index in [2.05, 4.69) is 39.8 Å². The van der Waals surface area contributed by atoms with Crippen molar-refractivity contribution in [1.82, 2.24) is 10.2 Å². The van der Waals surface area contributed by atoms with Crippen LogP contribution in [0.3, 0.4) is 0 Å². The van der Waals surface area contributed by atoms with Gasteiger partial charge in [-0.2, -0.15) is 0 Å². The van der Waals surface area contributed by atoms with Crippen LogP contribution < -0.4 is 10.6 Å². The van der Waals surface area contributed by atoms with E-state index in [0.29, 0.717) is 15.7 Å². The molecule has 0 radical (unpaired) electrons. The van der Waals surface area contributed by atoms with Crippen molar-refractivity contribution in [3.8, 4) is 0 Å². The number of halogens is 2. The van der Waals surface area contributed by atoms with E-state index in [9.17, 15) is 4.79 Å². The van der Waals surface area contributed by atoms with Crippen LogP contribution in [0.15, 0.2) is 48.5 Å². The summed E-state index contributed by atoms with van der Waals surface area (Å²) in [6.07, 6.45) is 1.87. The van der Waals surface area contributed by atoms with Crippen LogP contribution >= 0.6 is 23.2 Å². The van der Waals surface area contributed by atoms with Crippen molar-refractivity contribution in [3.63, 3.8) is 0 Å². The second-order valence-corrected chi connectivity index (χ2v) is 7.02. The number of nitrogens with zero attached hydrogens (tertiary/aromatic N) is 1. The van der Waals surface area contributed by atoms with Gasteiger partial charge in [-0.1, -0.05) is 59.6 Å². The fourth-order valence-corrected chi connectivity index (χ4v) is 3.37. The Kier molecular flexibility index (Phi) is 6.19. The van der Waals surface area contributed by atoms with Crippen LogP contribution in [0.2, 0.25) is 10.0 Å². The van der Waals surface area contributed by atoms with Crippen LogP contribution in [0.4, 0.5) is 10.5 Å². The summed E-state index contributed by atoms with van der Waals surface area (Å²) in [4.78, 5) is 14.6. The lowest BCUT2D eigenvalue weighted by molar-refractivity contribution is 0.190. The standard InChI is InChI=1S/C19H21Cl2N3O/c20-16-7-4-8-17(18(16)21)23-19(25)22-15-9-11-24(12-10-15)13-14-5-2-1-3-6-14/h1-8,15H,9-13H2,(H2,22,23,25). The summed E-state index contributed by atoms with van der Waals surface area (Å²) < 4.78 is 0. The maximum Gasteiger partial charge on any atom is 0.319 e. The smallest absolute Gasteiger partial charge is 0.319 e. The van der Waals surface area contributed by atoms with Gasteiger partial charge in [0.25, 0.3) is 0 Å². The summed E-state index contributed by atoms with van der Waals surface area (Å²) in [5.74, 6) is 0. The number of carbonyl (C=O) groups is 1. The number of hydrogen-bond donors (Lipinski definition) is 2. The molecule has 1 fully saturated rings. The van der Waals surface area contributed by atoms with Gasteiger partial charge in [-0.25, -0.2) is 4.79 Å². The van der Waals surface area contributed by atoms with E-state index in [-0.39, 0.29) is 12.1 Å². The molecule has 1 aliphatic rings. The molecule has 0 spiro atoms. The molecule has 0 unspecified atom stereocenters. The molecule has 2 amide bonds. The molecule has 4 nitrogen and oxygen atoms in total. The third-order valence-corrected chi connectivity index (χ3v) is 5.19. The van der Waals surface area contributed by atoms with Gasteiger partial charge in [0.1, 0.15) is 0 Å². The number of hydrogen-bond acceptors (Lipinski definition) is 2. The van der Waals surface area contributed by atoms with E-state index in [1.165, 1.54) is 5.56 Å². The number of benzene rings is 2. The molecule has 1 saturated heterocycles. The van der Waals surface area contributed by atoms with Crippen molar-refractivity contribution in [2.45, 2.75) is 25.4 Å². The Morgan fingerprint density at radius 2 is 1.76 bits per heavy atom. The van der Waals surface area contributed by atoms with E-state index in [4.69, 9.17) is 23.2 Å². The second kappa shape index (κ2) is 8.56. The summed E-state index contributed by atoms with van der Waals surface area (Å²) in [5, 5.41) is 6.57. The van der Waals surface area contributed by atoms with Gasteiger partial charge in [0, 0.05) is 25.7 Å². The highest BCUT2D eigenvalue weighted by atomic mass is 35.5. The molecule has 6 heteroatoms. The minimum Gasteiger partial charge on any atom is -0.335 e. The van der Waals surface area contributed by atoms with Crippen LogP contribution in [0.25, 0.3) is 0 Å². The van der Waals surface area contributed by atoms with E-state index in [1.807, 2.05) is 6.07 Å². The van der Waals surface area contributed by atoms with Gasteiger partial charge in [-0.15, -0.1) is 0 Å². The van der Waals surface area contributed by atoms with E-state index < -0.39 is 0 Å². The quantitative estimate of drug-likeness (QED) is 0.804. The van der Waals surface area contributed by atoms with E-state index in [0.717, 1.165) is 32.5 Å². The largest absolute Gasteiger partial charge is 0.335 e. The van der Waals surface area contributed by atoms with Gasteiger partial charge >= 0.3 is 6.03 Å². The molecule has 132 valence electrons. The molecule has 2 aromatic carbocycles. The first kappa shape index (κ1) is 18.1. The maximum absolute atomic E-state index is 12.2. The molecule has 0 atom stereocenters. The molecule has 0 aromatic heterocycles. The topological polar surface area (TPSA) is 44.4 Å². The Morgan fingerprint density at radius 1 is 1.04 bits per heavy atom. The van der Waals surface area contributed by atoms with Crippen LogP contribution in [0.5, 0.6) is 0 Å². The maximum atomic E-state index is 12.2. The average Bonchev–Trinajstić information content (AvgIpc) is 2.62. The van der Waals surface area contributed by atoms with Crippen molar-refractivity contribution in [3.05, 3.63) is 64.1 Å². The molecule has 0 bridgehead atoms. The van der Waals surface area contributed by atoms with Gasteiger partial charge in [-0.05, 0) is 30.5 Å². The van der Waals surface area contributed by atoms with Gasteiger partial charge in [0.15, 0.2) is 0 Å². The highest BCUT2D eigenvalue weighted by molar-refractivity contribution is 6.43. The minimum absolute atomic E-state index is 0.171. The van der Waals surface area contributed by atoms with Crippen LogP contribution in [0.1, 0.15) is 18.4 Å². The molecule has 0 saturated carbocycles. The van der Waals surface area contributed by atoms with Gasteiger partial charge in [-0.3, -0.25) is 4.90 Å². The van der Waals surface area contributed by atoms with E-state index >= 15 is 0 Å². The summed E-state index contributed by atoms with van der Waals surface area (Å²) >= 11 is 12.1. The molecule has 3 rings (SSSR count). The molecule has 2 aromatic rings. The lowest BCUT2D eigenvalue weighted by Crippen LogP contribution is -2.45. The number of rotatable bonds is 4. The molecule has 25 heavy (non-hydrogen) atoms. The Bertz CT molecular complexity index is 716. The highest BCUT2D eigenvalue weighted by Crippen LogP contribution is 2.29. The van der Waals surface area contributed by atoms with Crippen molar-refractivity contribution in [1.29, 1.82) is 0 Å². The SMILES string of the molecule is O=C(Nc1cccc(Cl)c1Cl)NC1CCN(Cc2ccccc2)CC1. The zero-order valence-corrected chi connectivity index (χ0v) is 15.4. The Labute approximate surface area is 158 Å². The second-order valence-electron chi connectivity index (χ2n) is 6.24. The monoisotopic (exact) mass is 377 g/mol. The fraction of sp³-hybridized carbons (Fsp3) is 0.316. The minimum atomic E-state index is -0.245. The Morgan fingerprint density at radius 3 is 2.48 bits per heavy atom. The molecular formula is C19H21Cl2N3O. The first-order valence-corrected chi connectivity index (χ1v) is 9.15. The predicted molar refractivity (Wildman–Crippen MR) is 103 cm³/mol. The third kappa shape index (κ3) is 5.11. The highest BCUT2D eigenvalue weighted by Gasteiger charge is 2.21. The first-order valence-electron chi connectivity index (χ1n) is 8.39. The van der Waals surface area contributed by atoms with Crippen molar-refractivity contribution < 1.29 is 4.79 Å². The molecular weight excluding hydrogens is 357 g/mol. The molecule has 1 heterocycles. The number of amides is 2. The number of anilines is 1. The lowest BCUT2D eigenvalue weighted by Gasteiger charge is -2.32. The molecule has 0 aliphatic carbocycles. The predicted octanol–water partition coefficient (Wildman–Crippen LogP) is 4.78. The fourth-order valence-electron chi connectivity index (χ4n) is 3.02. The van der Waals surface area contributed by atoms with Crippen molar-refractivity contribution >= 4 is 34.9 Å². The number of nitrogens with one attached hydrogen (secondary N) is 2. The third-order valence-electron chi connectivity index (χ3n) is 4.37. The number of urea groups is 1. The Hall–Kier alpha value is -1.75. The summed E-state index contributed by atoms with van der Waals surface area (Å²) in [7, 11) is 0. The van der Waals surface area contributed by atoms with Gasteiger partial charge < -0.3 is 10.6 Å². The Balaban J connectivity index is 1.45. The number of carbonyl (C=O) groups excluding carboxylic acids is 1. The number of likely N-dealkylation sites (tertiary alicyclic amines) is 1. The lowest BCUT2D eigenvalue weighted by atomic mass is 10.0. The summed E-state index contributed by atoms with van der Waals surface area (Å²) in [5.41, 5.74) is 1.84. The van der Waals surface area contributed by atoms with Gasteiger partial charge in [0.05, 0.1) is 15.7 Å². The van der Waals surface area contributed by atoms with Gasteiger partial charge in [0.2, 0.25) is 0 Å². The normalized spacial score (nSPS) is 15.8. The molecule has 1 aliphatic heterocycles.